The van der Waals surface area contributed by atoms with Gasteiger partial charge in [-0.2, -0.15) is 0 Å². The highest BCUT2D eigenvalue weighted by molar-refractivity contribution is 5.48. The highest BCUT2D eigenvalue weighted by atomic mass is 16.5. The van der Waals surface area contributed by atoms with Crippen LogP contribution in [0.25, 0.3) is 0 Å². The van der Waals surface area contributed by atoms with E-state index >= 15 is 0 Å². The number of benzene rings is 1. The van der Waals surface area contributed by atoms with Crippen LogP contribution in [0.15, 0.2) is 36.4 Å². The van der Waals surface area contributed by atoms with Crippen LogP contribution in [0.3, 0.4) is 0 Å². The van der Waals surface area contributed by atoms with Gasteiger partial charge in [0.05, 0.1) is 12.7 Å². The molecule has 0 spiro atoms. The number of phenols is 1. The van der Waals surface area contributed by atoms with Gasteiger partial charge < -0.3 is 19.8 Å². The van der Waals surface area contributed by atoms with Gasteiger partial charge in [0.25, 0.3) is 0 Å². The Morgan fingerprint density at radius 1 is 1.09 bits per heavy atom. The number of phenolic OH excluding ortho intramolecular Hbond substituents is 1. The summed E-state index contributed by atoms with van der Waals surface area (Å²) in [4.78, 5) is 9.71. The van der Waals surface area contributed by atoms with Crippen LogP contribution in [-0.4, -0.2) is 76.5 Å². The van der Waals surface area contributed by atoms with E-state index in [-0.39, 0.29) is 11.5 Å². The van der Waals surface area contributed by atoms with Gasteiger partial charge in [0.15, 0.2) is 0 Å². The largest absolute Gasteiger partial charge is 0.508 e. The first-order valence-electron chi connectivity index (χ1n) is 13.0. The fraction of sp³-hybridized carbons (Fsp3) is 0.607. The van der Waals surface area contributed by atoms with Gasteiger partial charge in [-0.1, -0.05) is 12.1 Å². The summed E-state index contributed by atoms with van der Waals surface area (Å²) >= 11 is 0. The molecule has 0 unspecified atom stereocenters. The lowest BCUT2D eigenvalue weighted by Crippen LogP contribution is -2.71. The number of hydrogen-bond donors (Lipinski definition) is 2. The molecule has 2 saturated heterocycles. The van der Waals surface area contributed by atoms with Gasteiger partial charge in [-0.15, -0.1) is 0 Å². The fourth-order valence-corrected chi connectivity index (χ4v) is 7.12. The maximum absolute atomic E-state index is 12.6. The summed E-state index contributed by atoms with van der Waals surface area (Å²) in [5, 5.41) is 23.0. The zero-order valence-electron chi connectivity index (χ0n) is 20.2. The lowest BCUT2D eigenvalue weighted by molar-refractivity contribution is -0.149. The zero-order chi connectivity index (χ0) is 23.3. The van der Waals surface area contributed by atoms with E-state index in [2.05, 4.69) is 26.9 Å². The Hall–Kier alpha value is -2.15. The van der Waals surface area contributed by atoms with E-state index < -0.39 is 5.60 Å². The molecular formula is C28H37N3O3. The van der Waals surface area contributed by atoms with Crippen LogP contribution in [0, 0.1) is 5.92 Å². The van der Waals surface area contributed by atoms with E-state index in [1.54, 1.807) is 7.11 Å². The molecule has 6 rings (SSSR count). The molecule has 1 aromatic carbocycles. The van der Waals surface area contributed by atoms with Gasteiger partial charge in [-0.05, 0) is 86.9 Å². The minimum Gasteiger partial charge on any atom is -0.508 e. The van der Waals surface area contributed by atoms with E-state index in [1.807, 2.05) is 24.3 Å². The predicted octanol–water partition coefficient (Wildman–Crippen LogP) is 3.14. The monoisotopic (exact) mass is 463 g/mol. The maximum Gasteiger partial charge on any atom is 0.213 e. The number of hydrogen-bond acceptors (Lipinski definition) is 6. The fourth-order valence-electron chi connectivity index (χ4n) is 7.12. The van der Waals surface area contributed by atoms with Crippen molar-refractivity contribution >= 4 is 0 Å². The molecule has 182 valence electrons. The molecule has 1 aromatic heterocycles. The summed E-state index contributed by atoms with van der Waals surface area (Å²) in [5.74, 6) is 1.79. The summed E-state index contributed by atoms with van der Waals surface area (Å²) < 4.78 is 5.29. The standard InChI is InChI=1S/C28H37N3O3/c1-34-26-4-2-3-22(29-26)9-13-30-14-10-27-11-16-31(19-20-5-6-20)25(28(27,33)12-15-30)17-21-7-8-23(32)18-24(21)27/h2-4,7-8,18,20,25,32-33H,5-6,9-17,19H2,1H3/t25-,27+,28-/m1/s1. The Bertz CT molecular complexity index is 1060. The van der Waals surface area contributed by atoms with Gasteiger partial charge in [0.1, 0.15) is 5.75 Å². The van der Waals surface area contributed by atoms with E-state index in [0.29, 0.717) is 11.6 Å². The second-order valence-electron chi connectivity index (χ2n) is 11.0. The van der Waals surface area contributed by atoms with Crippen molar-refractivity contribution in [3.63, 3.8) is 0 Å². The van der Waals surface area contributed by atoms with Crippen molar-refractivity contribution < 1.29 is 14.9 Å². The lowest BCUT2D eigenvalue weighted by Gasteiger charge is -2.61. The molecule has 2 aliphatic carbocycles. The first-order chi connectivity index (χ1) is 16.5. The first kappa shape index (κ1) is 22.3. The number of nitrogens with zero attached hydrogens (tertiary/aromatic N) is 3. The number of aromatic hydroxyl groups is 1. The van der Waals surface area contributed by atoms with Crippen molar-refractivity contribution in [2.45, 2.75) is 62.0 Å². The van der Waals surface area contributed by atoms with Crippen molar-refractivity contribution in [2.75, 3.05) is 39.8 Å². The molecule has 3 fully saturated rings. The summed E-state index contributed by atoms with van der Waals surface area (Å²) in [6, 6.07) is 12.0. The van der Waals surface area contributed by atoms with Crippen molar-refractivity contribution in [1.82, 2.24) is 14.8 Å². The Balaban J connectivity index is 1.28. The number of ether oxygens (including phenoxy) is 1. The predicted molar refractivity (Wildman–Crippen MR) is 131 cm³/mol. The van der Waals surface area contributed by atoms with Crippen LogP contribution < -0.4 is 4.74 Å². The minimum absolute atomic E-state index is 0.166. The average Bonchev–Trinajstić information content (AvgIpc) is 3.67. The van der Waals surface area contributed by atoms with Gasteiger partial charge in [0, 0.05) is 49.3 Å². The summed E-state index contributed by atoms with van der Waals surface area (Å²) in [7, 11) is 1.66. The van der Waals surface area contributed by atoms with Gasteiger partial charge in [-0.3, -0.25) is 4.90 Å². The molecule has 2 aromatic rings. The molecule has 4 aliphatic rings. The molecule has 3 heterocycles. The Kier molecular flexibility index (Phi) is 5.58. The Labute approximate surface area is 202 Å². The minimum atomic E-state index is -0.760. The number of rotatable bonds is 6. The third kappa shape index (κ3) is 3.71. The summed E-state index contributed by atoms with van der Waals surface area (Å²) in [6.07, 6.45) is 7.10. The Morgan fingerprint density at radius 3 is 2.74 bits per heavy atom. The van der Waals surface area contributed by atoms with Crippen molar-refractivity contribution in [3.8, 4) is 11.6 Å². The third-order valence-electron chi connectivity index (χ3n) is 9.20. The van der Waals surface area contributed by atoms with Crippen molar-refractivity contribution in [2.24, 2.45) is 5.92 Å². The molecule has 3 atom stereocenters. The summed E-state index contributed by atoms with van der Waals surface area (Å²) in [5.41, 5.74) is 2.52. The lowest BCUT2D eigenvalue weighted by atomic mass is 9.52. The van der Waals surface area contributed by atoms with Gasteiger partial charge in [-0.25, -0.2) is 4.98 Å². The van der Waals surface area contributed by atoms with Gasteiger partial charge >= 0.3 is 0 Å². The first-order valence-corrected chi connectivity index (χ1v) is 13.0. The molecule has 6 heteroatoms. The number of pyridine rings is 1. The number of likely N-dealkylation sites (tertiary alicyclic amines) is 2. The number of aromatic nitrogens is 1. The maximum atomic E-state index is 12.6. The van der Waals surface area contributed by atoms with E-state index in [9.17, 15) is 10.2 Å². The molecule has 2 bridgehead atoms. The van der Waals surface area contributed by atoms with Gasteiger partial charge in [0.2, 0.25) is 5.88 Å². The highest BCUT2D eigenvalue weighted by Crippen LogP contribution is 2.56. The topological polar surface area (TPSA) is 69.1 Å². The highest BCUT2D eigenvalue weighted by Gasteiger charge is 2.63. The second-order valence-corrected chi connectivity index (χ2v) is 11.0. The third-order valence-corrected chi connectivity index (χ3v) is 9.20. The van der Waals surface area contributed by atoms with Crippen molar-refractivity contribution in [3.05, 3.63) is 53.2 Å². The number of aliphatic hydroxyl groups is 1. The van der Waals surface area contributed by atoms with E-state index in [0.717, 1.165) is 76.4 Å². The van der Waals surface area contributed by atoms with E-state index in [1.165, 1.54) is 24.0 Å². The zero-order valence-corrected chi connectivity index (χ0v) is 20.2. The van der Waals surface area contributed by atoms with Crippen LogP contribution in [0.1, 0.15) is 48.9 Å². The second kappa shape index (κ2) is 8.51. The van der Waals surface area contributed by atoms with Crippen LogP contribution in [-0.2, 0) is 18.3 Å². The SMILES string of the molecule is COc1cccc(CCN2CC[C@]34CCN(CC5CC5)[C@H](Cc5ccc(O)cc53)[C@]4(O)CC2)n1. The molecular weight excluding hydrogens is 426 g/mol. The molecule has 2 N–H and O–H groups in total. The molecule has 6 nitrogen and oxygen atoms in total. The number of piperidine rings is 1. The van der Waals surface area contributed by atoms with E-state index in [4.69, 9.17) is 4.74 Å². The summed E-state index contributed by atoms with van der Waals surface area (Å²) in [6.45, 7) is 4.95. The number of fused-ring (bicyclic) bond motifs is 1. The molecule has 34 heavy (non-hydrogen) atoms. The van der Waals surface area contributed by atoms with Crippen LogP contribution >= 0.6 is 0 Å². The number of methoxy groups -OCH3 is 1. The molecule has 0 radical (unpaired) electrons. The normalized spacial score (nSPS) is 31.4. The smallest absolute Gasteiger partial charge is 0.213 e. The average molecular weight is 464 g/mol. The quantitative estimate of drug-likeness (QED) is 0.686. The van der Waals surface area contributed by atoms with Crippen LogP contribution in [0.5, 0.6) is 11.6 Å². The van der Waals surface area contributed by atoms with Crippen LogP contribution in [0.2, 0.25) is 0 Å². The Morgan fingerprint density at radius 2 is 1.91 bits per heavy atom. The van der Waals surface area contributed by atoms with Crippen molar-refractivity contribution in [1.29, 1.82) is 0 Å². The molecule has 2 aliphatic heterocycles. The van der Waals surface area contributed by atoms with Crippen LogP contribution in [0.4, 0.5) is 0 Å². The molecule has 0 amide bonds. The molecule has 1 saturated carbocycles.